The summed E-state index contributed by atoms with van der Waals surface area (Å²) in [6, 6.07) is 22.7. The summed E-state index contributed by atoms with van der Waals surface area (Å²) in [7, 11) is -3.50. The van der Waals surface area contributed by atoms with Crippen LogP contribution in [-0.2, 0) is 15.6 Å². The van der Waals surface area contributed by atoms with Crippen molar-refractivity contribution < 1.29 is 8.42 Å². The highest BCUT2D eigenvalue weighted by molar-refractivity contribution is 7.98. The molecule has 0 aromatic heterocycles. The molecular formula is C20H16N2O2S2. The zero-order valence-electron chi connectivity index (χ0n) is 13.8. The Hall–Kier alpha value is -2.75. The number of nitrogens with two attached hydrogens (primary N) is 1. The van der Waals surface area contributed by atoms with Gasteiger partial charge in [0.15, 0.2) is 0 Å². The van der Waals surface area contributed by atoms with Crippen LogP contribution in [0.4, 0.5) is 5.69 Å². The summed E-state index contributed by atoms with van der Waals surface area (Å²) in [5, 5.41) is 9.04. The van der Waals surface area contributed by atoms with Crippen molar-refractivity contribution in [3.63, 3.8) is 0 Å². The van der Waals surface area contributed by atoms with Crippen LogP contribution >= 0.6 is 11.8 Å². The zero-order chi connectivity index (χ0) is 18.6. The minimum Gasteiger partial charge on any atom is -0.398 e. The molecule has 0 amide bonds. The molecule has 0 aliphatic carbocycles. The number of thioether (sulfide) groups is 1. The van der Waals surface area contributed by atoms with Crippen LogP contribution in [0.15, 0.2) is 87.5 Å². The Kier molecular flexibility index (Phi) is 5.31. The van der Waals surface area contributed by atoms with E-state index in [0.29, 0.717) is 17.0 Å². The van der Waals surface area contributed by atoms with E-state index in [0.717, 1.165) is 10.5 Å². The number of hydrogen-bond acceptors (Lipinski definition) is 5. The molecule has 130 valence electrons. The van der Waals surface area contributed by atoms with Crippen molar-refractivity contribution in [3.8, 4) is 6.07 Å². The molecule has 0 fully saturated rings. The Morgan fingerprint density at radius 2 is 1.58 bits per heavy atom. The molecule has 0 spiro atoms. The first-order chi connectivity index (χ1) is 12.5. The number of anilines is 1. The Bertz CT molecular complexity index is 1060. The van der Waals surface area contributed by atoms with Gasteiger partial charge in [0, 0.05) is 16.3 Å². The molecule has 3 aromatic carbocycles. The van der Waals surface area contributed by atoms with E-state index in [4.69, 9.17) is 11.0 Å². The Balaban J connectivity index is 1.73. The highest BCUT2D eigenvalue weighted by Gasteiger charge is 2.16. The van der Waals surface area contributed by atoms with Crippen molar-refractivity contribution in [2.75, 3.05) is 5.73 Å². The third kappa shape index (κ3) is 3.90. The van der Waals surface area contributed by atoms with Crippen molar-refractivity contribution in [1.82, 2.24) is 0 Å². The van der Waals surface area contributed by atoms with Crippen molar-refractivity contribution in [2.45, 2.75) is 20.4 Å². The van der Waals surface area contributed by atoms with Gasteiger partial charge in [-0.25, -0.2) is 8.42 Å². The summed E-state index contributed by atoms with van der Waals surface area (Å²) >= 11 is 1.57. The number of nitriles is 1. The molecule has 0 radical (unpaired) electrons. The first kappa shape index (κ1) is 18.1. The molecule has 0 saturated heterocycles. The molecule has 0 aliphatic rings. The van der Waals surface area contributed by atoms with Gasteiger partial charge in [-0.15, -0.1) is 11.8 Å². The van der Waals surface area contributed by atoms with Gasteiger partial charge in [-0.3, -0.25) is 0 Å². The SMILES string of the molecule is N#Cc1cc(CSc2ccc(S(=O)(=O)c3ccccc3)cc2)ccc1N. The van der Waals surface area contributed by atoms with Crippen LogP contribution in [0.1, 0.15) is 11.1 Å². The number of hydrogen-bond donors (Lipinski definition) is 1. The van der Waals surface area contributed by atoms with Crippen LogP contribution in [0.25, 0.3) is 0 Å². The highest BCUT2D eigenvalue weighted by atomic mass is 32.2. The predicted molar refractivity (Wildman–Crippen MR) is 103 cm³/mol. The summed E-state index contributed by atoms with van der Waals surface area (Å²) in [4.78, 5) is 1.51. The first-order valence-corrected chi connectivity index (χ1v) is 10.3. The summed E-state index contributed by atoms with van der Waals surface area (Å²) in [5.41, 5.74) is 7.65. The van der Waals surface area contributed by atoms with Gasteiger partial charge in [0.1, 0.15) is 6.07 Å². The standard InChI is InChI=1S/C20H16N2O2S2/c21-13-16-12-15(6-11-20(16)22)14-25-17-7-9-19(10-8-17)26(23,24)18-4-2-1-3-5-18/h1-12H,14,22H2. The van der Waals surface area contributed by atoms with Gasteiger partial charge in [0.2, 0.25) is 9.84 Å². The lowest BCUT2D eigenvalue weighted by Crippen LogP contribution is -2.01. The van der Waals surface area contributed by atoms with E-state index in [1.54, 1.807) is 78.5 Å². The summed E-state index contributed by atoms with van der Waals surface area (Å²) in [6.45, 7) is 0. The molecule has 26 heavy (non-hydrogen) atoms. The van der Waals surface area contributed by atoms with Gasteiger partial charge in [-0.1, -0.05) is 24.3 Å². The van der Waals surface area contributed by atoms with E-state index >= 15 is 0 Å². The number of rotatable bonds is 5. The lowest BCUT2D eigenvalue weighted by molar-refractivity contribution is 0.596. The summed E-state index contributed by atoms with van der Waals surface area (Å²) < 4.78 is 25.2. The summed E-state index contributed by atoms with van der Waals surface area (Å²) in [6.07, 6.45) is 0. The third-order valence-electron chi connectivity index (χ3n) is 3.83. The molecule has 0 atom stereocenters. The van der Waals surface area contributed by atoms with E-state index in [1.807, 2.05) is 6.07 Å². The smallest absolute Gasteiger partial charge is 0.206 e. The zero-order valence-corrected chi connectivity index (χ0v) is 15.4. The number of sulfone groups is 1. The minimum absolute atomic E-state index is 0.271. The number of benzene rings is 3. The van der Waals surface area contributed by atoms with Gasteiger partial charge < -0.3 is 5.73 Å². The predicted octanol–water partition coefficient (Wildman–Crippen LogP) is 4.27. The van der Waals surface area contributed by atoms with Gasteiger partial charge in [-0.2, -0.15) is 5.26 Å². The molecule has 0 unspecified atom stereocenters. The van der Waals surface area contributed by atoms with Crippen molar-refractivity contribution in [3.05, 3.63) is 83.9 Å². The topological polar surface area (TPSA) is 84.0 Å². The van der Waals surface area contributed by atoms with Crippen LogP contribution in [0, 0.1) is 11.3 Å². The average Bonchev–Trinajstić information content (AvgIpc) is 2.68. The number of nitrogen functional groups attached to an aromatic ring is 1. The second-order valence-corrected chi connectivity index (χ2v) is 8.61. The molecule has 6 heteroatoms. The largest absolute Gasteiger partial charge is 0.398 e. The quantitative estimate of drug-likeness (QED) is 0.528. The average molecular weight is 380 g/mol. The van der Waals surface area contributed by atoms with E-state index in [1.165, 1.54) is 0 Å². The Labute approximate surface area is 157 Å². The molecule has 4 nitrogen and oxygen atoms in total. The van der Waals surface area contributed by atoms with Crippen molar-refractivity contribution >= 4 is 27.3 Å². The van der Waals surface area contributed by atoms with Gasteiger partial charge >= 0.3 is 0 Å². The van der Waals surface area contributed by atoms with E-state index in [2.05, 4.69) is 6.07 Å². The Morgan fingerprint density at radius 1 is 0.923 bits per heavy atom. The maximum absolute atomic E-state index is 12.6. The molecule has 3 aromatic rings. The fraction of sp³-hybridized carbons (Fsp3) is 0.0500. The minimum atomic E-state index is -3.50. The molecular weight excluding hydrogens is 364 g/mol. The second kappa shape index (κ2) is 7.65. The maximum Gasteiger partial charge on any atom is 0.206 e. The van der Waals surface area contributed by atoms with Gasteiger partial charge in [0.25, 0.3) is 0 Å². The highest BCUT2D eigenvalue weighted by Crippen LogP contribution is 2.27. The van der Waals surface area contributed by atoms with Crippen LogP contribution in [0.2, 0.25) is 0 Å². The van der Waals surface area contributed by atoms with Crippen LogP contribution in [0.5, 0.6) is 0 Å². The normalized spacial score (nSPS) is 11.0. The monoisotopic (exact) mass is 380 g/mol. The van der Waals surface area contributed by atoms with Crippen LogP contribution < -0.4 is 5.73 Å². The lowest BCUT2D eigenvalue weighted by Gasteiger charge is -2.07. The fourth-order valence-electron chi connectivity index (χ4n) is 2.41. The van der Waals surface area contributed by atoms with Crippen molar-refractivity contribution in [1.29, 1.82) is 5.26 Å². The molecule has 0 aliphatic heterocycles. The maximum atomic E-state index is 12.6. The second-order valence-electron chi connectivity index (χ2n) is 5.61. The molecule has 0 saturated carbocycles. The lowest BCUT2D eigenvalue weighted by atomic mass is 10.1. The molecule has 0 bridgehead atoms. The van der Waals surface area contributed by atoms with E-state index in [-0.39, 0.29) is 9.79 Å². The van der Waals surface area contributed by atoms with Crippen molar-refractivity contribution in [2.24, 2.45) is 0 Å². The van der Waals surface area contributed by atoms with Crippen LogP contribution in [-0.4, -0.2) is 8.42 Å². The van der Waals surface area contributed by atoms with Crippen LogP contribution in [0.3, 0.4) is 0 Å². The third-order valence-corrected chi connectivity index (χ3v) is 6.70. The van der Waals surface area contributed by atoms with Gasteiger partial charge in [0.05, 0.1) is 15.4 Å². The Morgan fingerprint density at radius 3 is 2.23 bits per heavy atom. The first-order valence-electron chi connectivity index (χ1n) is 7.82. The van der Waals surface area contributed by atoms with E-state index in [9.17, 15) is 8.42 Å². The summed E-state index contributed by atoms with van der Waals surface area (Å²) in [5.74, 6) is 0.666. The van der Waals surface area contributed by atoms with Gasteiger partial charge in [-0.05, 0) is 54.1 Å². The van der Waals surface area contributed by atoms with E-state index < -0.39 is 9.84 Å². The molecule has 3 rings (SSSR count). The fourth-order valence-corrected chi connectivity index (χ4v) is 4.53. The molecule has 2 N–H and O–H groups in total. The number of nitrogens with zero attached hydrogens (tertiary/aromatic N) is 1. The molecule has 0 heterocycles.